The van der Waals surface area contributed by atoms with E-state index >= 15 is 0 Å². The number of carbonyl (C=O) groups excluding carboxylic acids is 1. The number of aliphatic hydroxyl groups is 1. The SMILES string of the molecule is NC(=O)Oc1cnn(CCO)c1NC(c1ccccc1)(c1ccccc1)c1ccccc1. The van der Waals surface area contributed by atoms with Crippen LogP contribution >= 0.6 is 0 Å². The van der Waals surface area contributed by atoms with E-state index in [1.807, 2.05) is 91.0 Å². The molecule has 162 valence electrons. The van der Waals surface area contributed by atoms with Crippen molar-refractivity contribution in [1.29, 1.82) is 0 Å². The van der Waals surface area contributed by atoms with E-state index in [2.05, 4.69) is 10.4 Å². The van der Waals surface area contributed by atoms with Gasteiger partial charge in [-0.1, -0.05) is 91.0 Å². The molecule has 0 saturated carbocycles. The zero-order valence-electron chi connectivity index (χ0n) is 17.4. The summed E-state index contributed by atoms with van der Waals surface area (Å²) in [6, 6.07) is 30.0. The fraction of sp³-hybridized carbons (Fsp3) is 0.120. The summed E-state index contributed by atoms with van der Waals surface area (Å²) in [6.45, 7) is 0.0697. The summed E-state index contributed by atoms with van der Waals surface area (Å²) in [6.07, 6.45) is 0.468. The lowest BCUT2D eigenvalue weighted by atomic mass is 9.77. The predicted octanol–water partition coefficient (Wildman–Crippen LogP) is 3.74. The highest BCUT2D eigenvalue weighted by Gasteiger charge is 2.38. The third kappa shape index (κ3) is 4.06. The molecule has 1 amide bonds. The van der Waals surface area contributed by atoms with E-state index in [9.17, 15) is 9.90 Å². The van der Waals surface area contributed by atoms with E-state index in [-0.39, 0.29) is 18.9 Å². The van der Waals surface area contributed by atoms with Crippen LogP contribution in [0.25, 0.3) is 0 Å². The number of nitrogens with zero attached hydrogens (tertiary/aromatic N) is 2. The third-order valence-electron chi connectivity index (χ3n) is 5.25. The Labute approximate surface area is 186 Å². The first-order valence-corrected chi connectivity index (χ1v) is 10.2. The average Bonchev–Trinajstić information content (AvgIpc) is 3.19. The zero-order valence-corrected chi connectivity index (χ0v) is 17.4. The van der Waals surface area contributed by atoms with E-state index in [0.29, 0.717) is 5.82 Å². The number of aliphatic hydroxyl groups excluding tert-OH is 1. The first kappa shape index (κ1) is 21.1. The maximum atomic E-state index is 11.5. The molecule has 0 saturated heterocycles. The van der Waals surface area contributed by atoms with Gasteiger partial charge in [-0.2, -0.15) is 5.10 Å². The second-order valence-electron chi connectivity index (χ2n) is 7.20. The lowest BCUT2D eigenvalue weighted by molar-refractivity contribution is 0.211. The number of hydrogen-bond donors (Lipinski definition) is 3. The molecule has 0 radical (unpaired) electrons. The van der Waals surface area contributed by atoms with Crippen LogP contribution in [0, 0.1) is 0 Å². The van der Waals surface area contributed by atoms with Crippen LogP contribution in [-0.4, -0.2) is 27.6 Å². The van der Waals surface area contributed by atoms with Crippen molar-refractivity contribution >= 4 is 11.9 Å². The van der Waals surface area contributed by atoms with Crippen molar-refractivity contribution in [2.45, 2.75) is 12.1 Å². The number of nitrogens with two attached hydrogens (primary N) is 1. The van der Waals surface area contributed by atoms with Crippen LogP contribution in [0.5, 0.6) is 5.75 Å². The first-order chi connectivity index (χ1) is 15.6. The number of benzene rings is 3. The van der Waals surface area contributed by atoms with Gasteiger partial charge in [0.15, 0.2) is 11.6 Å². The minimum Gasteiger partial charge on any atom is -0.405 e. The Balaban J connectivity index is 2.00. The van der Waals surface area contributed by atoms with Gasteiger partial charge in [-0.3, -0.25) is 0 Å². The minimum absolute atomic E-state index is 0.138. The van der Waals surface area contributed by atoms with Gasteiger partial charge in [-0.05, 0) is 16.7 Å². The molecular weight excluding hydrogens is 404 g/mol. The predicted molar refractivity (Wildman–Crippen MR) is 122 cm³/mol. The van der Waals surface area contributed by atoms with Crippen LogP contribution in [0.4, 0.5) is 10.6 Å². The van der Waals surface area contributed by atoms with Crippen LogP contribution in [0.2, 0.25) is 0 Å². The molecule has 1 heterocycles. The number of hydrogen-bond acceptors (Lipinski definition) is 5. The molecule has 0 bridgehead atoms. The number of primary amides is 1. The van der Waals surface area contributed by atoms with Crippen molar-refractivity contribution in [3.63, 3.8) is 0 Å². The van der Waals surface area contributed by atoms with Crippen LogP contribution in [0.15, 0.2) is 97.2 Å². The maximum Gasteiger partial charge on any atom is 0.410 e. The molecule has 0 aliphatic heterocycles. The van der Waals surface area contributed by atoms with E-state index in [4.69, 9.17) is 10.5 Å². The van der Waals surface area contributed by atoms with E-state index < -0.39 is 11.6 Å². The van der Waals surface area contributed by atoms with Crippen LogP contribution in [0.1, 0.15) is 16.7 Å². The van der Waals surface area contributed by atoms with Gasteiger partial charge >= 0.3 is 6.09 Å². The fourth-order valence-corrected chi connectivity index (χ4v) is 3.90. The number of aromatic nitrogens is 2. The molecule has 32 heavy (non-hydrogen) atoms. The molecule has 7 nitrogen and oxygen atoms in total. The molecule has 7 heteroatoms. The van der Waals surface area contributed by atoms with Crippen molar-refractivity contribution < 1.29 is 14.6 Å². The number of anilines is 1. The number of amides is 1. The molecule has 3 aromatic carbocycles. The van der Waals surface area contributed by atoms with Crippen molar-refractivity contribution in [2.75, 3.05) is 11.9 Å². The highest BCUT2D eigenvalue weighted by Crippen LogP contribution is 2.42. The third-order valence-corrected chi connectivity index (χ3v) is 5.25. The average molecular weight is 428 g/mol. The summed E-state index contributed by atoms with van der Waals surface area (Å²) in [5.41, 5.74) is 7.36. The van der Waals surface area contributed by atoms with E-state index in [0.717, 1.165) is 16.7 Å². The standard InChI is InChI=1S/C25H24N4O3/c26-24(31)32-22-18-27-29(16-17-30)23(22)28-25(19-10-4-1-5-11-19,20-12-6-2-7-13-20)21-14-8-3-9-15-21/h1-15,18,28,30H,16-17H2,(H2,26,31). The van der Waals surface area contributed by atoms with Crippen molar-refractivity contribution in [3.05, 3.63) is 114 Å². The van der Waals surface area contributed by atoms with Gasteiger partial charge in [-0.25, -0.2) is 9.48 Å². The highest BCUT2D eigenvalue weighted by atomic mass is 16.5. The Morgan fingerprint density at radius 1 is 0.906 bits per heavy atom. The summed E-state index contributed by atoms with van der Waals surface area (Å²) in [5, 5.41) is 17.5. The van der Waals surface area contributed by atoms with Gasteiger partial charge in [0.05, 0.1) is 19.3 Å². The maximum absolute atomic E-state index is 11.5. The largest absolute Gasteiger partial charge is 0.410 e. The summed E-state index contributed by atoms with van der Waals surface area (Å²) in [4.78, 5) is 11.5. The Morgan fingerprint density at radius 2 is 1.38 bits per heavy atom. The Hall–Kier alpha value is -4.10. The Bertz CT molecular complexity index is 1070. The van der Waals surface area contributed by atoms with Gasteiger partial charge in [0.1, 0.15) is 5.54 Å². The van der Waals surface area contributed by atoms with Crippen LogP contribution in [-0.2, 0) is 12.1 Å². The van der Waals surface area contributed by atoms with Gasteiger partial charge in [-0.15, -0.1) is 0 Å². The molecule has 4 N–H and O–H groups in total. The number of ether oxygens (including phenoxy) is 1. The summed E-state index contributed by atoms with van der Waals surface area (Å²) < 4.78 is 6.79. The molecule has 0 unspecified atom stereocenters. The molecule has 0 aliphatic carbocycles. The number of rotatable bonds is 8. The Morgan fingerprint density at radius 3 is 1.78 bits per heavy atom. The zero-order chi connectivity index (χ0) is 22.4. The molecule has 4 rings (SSSR count). The van der Waals surface area contributed by atoms with E-state index in [1.54, 1.807) is 4.68 Å². The summed E-state index contributed by atoms with van der Waals surface area (Å²) in [7, 11) is 0. The van der Waals surface area contributed by atoms with Crippen LogP contribution in [0.3, 0.4) is 0 Å². The van der Waals surface area contributed by atoms with Gasteiger partial charge in [0.2, 0.25) is 0 Å². The first-order valence-electron chi connectivity index (χ1n) is 10.2. The molecule has 0 aliphatic rings. The summed E-state index contributed by atoms with van der Waals surface area (Å²) in [5.74, 6) is 0.604. The van der Waals surface area contributed by atoms with Crippen molar-refractivity contribution in [1.82, 2.24) is 9.78 Å². The molecule has 0 fully saturated rings. The Kier molecular flexibility index (Phi) is 6.19. The quantitative estimate of drug-likeness (QED) is 0.371. The van der Waals surface area contributed by atoms with Crippen molar-refractivity contribution in [2.24, 2.45) is 5.73 Å². The lowest BCUT2D eigenvalue weighted by Crippen LogP contribution is -2.39. The van der Waals surface area contributed by atoms with E-state index in [1.165, 1.54) is 6.20 Å². The van der Waals surface area contributed by atoms with Gasteiger partial charge in [0, 0.05) is 0 Å². The monoisotopic (exact) mass is 428 g/mol. The van der Waals surface area contributed by atoms with Crippen molar-refractivity contribution in [3.8, 4) is 5.75 Å². The molecular formula is C25H24N4O3. The number of nitrogens with one attached hydrogen (secondary N) is 1. The second kappa shape index (κ2) is 9.36. The van der Waals surface area contributed by atoms with Gasteiger partial charge < -0.3 is 20.9 Å². The lowest BCUT2D eigenvalue weighted by Gasteiger charge is -2.38. The fourth-order valence-electron chi connectivity index (χ4n) is 3.90. The smallest absolute Gasteiger partial charge is 0.405 e. The normalized spacial score (nSPS) is 11.2. The minimum atomic E-state index is -0.943. The second-order valence-corrected chi connectivity index (χ2v) is 7.20. The molecule has 1 aromatic heterocycles. The summed E-state index contributed by atoms with van der Waals surface area (Å²) >= 11 is 0. The molecule has 0 spiro atoms. The van der Waals surface area contributed by atoms with Crippen LogP contribution < -0.4 is 15.8 Å². The number of carbonyl (C=O) groups is 1. The topological polar surface area (TPSA) is 102 Å². The van der Waals surface area contributed by atoms with Gasteiger partial charge in [0.25, 0.3) is 0 Å². The molecule has 4 aromatic rings. The molecule has 0 atom stereocenters. The highest BCUT2D eigenvalue weighted by molar-refractivity contribution is 5.71.